The molecule has 0 aliphatic rings. The van der Waals surface area contributed by atoms with E-state index in [4.69, 9.17) is 0 Å². The van der Waals surface area contributed by atoms with Crippen LogP contribution in [0.3, 0.4) is 0 Å². The van der Waals surface area contributed by atoms with E-state index in [0.717, 1.165) is 11.1 Å². The van der Waals surface area contributed by atoms with Crippen molar-refractivity contribution in [3.05, 3.63) is 83.8 Å². The Morgan fingerprint density at radius 2 is 1.92 bits per heavy atom. The molecule has 1 N–H and O–H groups in total. The van der Waals surface area contributed by atoms with Gasteiger partial charge in [-0.1, -0.05) is 35.9 Å². The Hall–Kier alpha value is -2.88. The maximum atomic E-state index is 12.6. The quantitative estimate of drug-likeness (QED) is 0.769. The number of anilines is 1. The highest BCUT2D eigenvalue weighted by molar-refractivity contribution is 5.90. The van der Waals surface area contributed by atoms with E-state index in [1.54, 1.807) is 6.20 Å². The lowest BCUT2D eigenvalue weighted by Crippen LogP contribution is -2.20. The van der Waals surface area contributed by atoms with Gasteiger partial charge in [0, 0.05) is 18.6 Å². The number of benzene rings is 1. The molecule has 2 heterocycles. The van der Waals surface area contributed by atoms with Gasteiger partial charge in [-0.05, 0) is 43.2 Å². The van der Waals surface area contributed by atoms with Gasteiger partial charge in [0.05, 0.1) is 12.5 Å². The highest BCUT2D eigenvalue weighted by Crippen LogP contribution is 2.24. The Balaban J connectivity index is 1.82. The van der Waals surface area contributed by atoms with E-state index < -0.39 is 0 Å². The van der Waals surface area contributed by atoms with Crippen LogP contribution in [-0.4, -0.2) is 15.5 Å². The van der Waals surface area contributed by atoms with Crippen LogP contribution in [0.4, 0.5) is 5.82 Å². The van der Waals surface area contributed by atoms with E-state index in [9.17, 15) is 4.79 Å². The molecule has 3 rings (SSSR count). The van der Waals surface area contributed by atoms with Gasteiger partial charge in [-0.3, -0.25) is 4.79 Å². The second kappa shape index (κ2) is 7.13. The molecule has 0 saturated heterocycles. The highest BCUT2D eigenvalue weighted by atomic mass is 16.1. The van der Waals surface area contributed by atoms with Crippen molar-refractivity contribution >= 4 is 11.7 Å². The SMILES string of the molecule is Cc1cccc(C(CC(=O)Nc2ncccc2C)n2cccc2)c1. The Labute approximate surface area is 142 Å². The summed E-state index contributed by atoms with van der Waals surface area (Å²) in [7, 11) is 0. The third kappa shape index (κ3) is 3.71. The minimum absolute atomic E-state index is 0.0380. The number of amides is 1. The highest BCUT2D eigenvalue weighted by Gasteiger charge is 2.18. The van der Waals surface area contributed by atoms with Crippen molar-refractivity contribution in [2.24, 2.45) is 0 Å². The summed E-state index contributed by atoms with van der Waals surface area (Å²) >= 11 is 0. The van der Waals surface area contributed by atoms with Gasteiger partial charge >= 0.3 is 0 Å². The number of nitrogens with one attached hydrogen (secondary N) is 1. The number of hydrogen-bond donors (Lipinski definition) is 1. The van der Waals surface area contributed by atoms with Crippen molar-refractivity contribution in [1.82, 2.24) is 9.55 Å². The first kappa shape index (κ1) is 16.0. The number of pyridine rings is 1. The second-order valence-corrected chi connectivity index (χ2v) is 5.98. The number of hydrogen-bond acceptors (Lipinski definition) is 2. The Morgan fingerprint density at radius 1 is 1.12 bits per heavy atom. The number of carbonyl (C=O) groups is 1. The van der Waals surface area contributed by atoms with Crippen LogP contribution in [0.5, 0.6) is 0 Å². The van der Waals surface area contributed by atoms with Crippen LogP contribution in [0.25, 0.3) is 0 Å². The van der Waals surface area contributed by atoms with E-state index in [0.29, 0.717) is 12.2 Å². The first-order valence-electron chi connectivity index (χ1n) is 8.04. The second-order valence-electron chi connectivity index (χ2n) is 5.98. The summed E-state index contributed by atoms with van der Waals surface area (Å²) in [5.41, 5.74) is 3.27. The fourth-order valence-corrected chi connectivity index (χ4v) is 2.80. The minimum Gasteiger partial charge on any atom is -0.346 e. The zero-order valence-corrected chi connectivity index (χ0v) is 13.9. The van der Waals surface area contributed by atoms with Crippen molar-refractivity contribution < 1.29 is 4.79 Å². The largest absolute Gasteiger partial charge is 0.346 e. The number of aryl methyl sites for hydroxylation is 2. The third-order valence-electron chi connectivity index (χ3n) is 4.06. The maximum absolute atomic E-state index is 12.6. The van der Waals surface area contributed by atoms with Gasteiger partial charge < -0.3 is 9.88 Å². The lowest BCUT2D eigenvalue weighted by Gasteiger charge is -2.20. The molecule has 3 aromatic rings. The van der Waals surface area contributed by atoms with E-state index in [-0.39, 0.29) is 11.9 Å². The number of rotatable bonds is 5. The van der Waals surface area contributed by atoms with Crippen molar-refractivity contribution in [3.8, 4) is 0 Å². The van der Waals surface area contributed by atoms with Gasteiger partial charge in [0.1, 0.15) is 5.82 Å². The van der Waals surface area contributed by atoms with Crippen molar-refractivity contribution in [1.29, 1.82) is 0 Å². The lowest BCUT2D eigenvalue weighted by atomic mass is 10.0. The molecule has 1 atom stereocenters. The van der Waals surface area contributed by atoms with Crippen LogP contribution in [0.1, 0.15) is 29.2 Å². The average molecular weight is 319 g/mol. The molecular weight excluding hydrogens is 298 g/mol. The Morgan fingerprint density at radius 3 is 2.62 bits per heavy atom. The summed E-state index contributed by atoms with van der Waals surface area (Å²) in [5, 5.41) is 2.92. The molecular formula is C20H21N3O. The minimum atomic E-state index is -0.0444. The molecule has 0 spiro atoms. The molecule has 24 heavy (non-hydrogen) atoms. The van der Waals surface area contributed by atoms with E-state index >= 15 is 0 Å². The van der Waals surface area contributed by atoms with Crippen molar-refractivity contribution in [2.45, 2.75) is 26.3 Å². The zero-order valence-electron chi connectivity index (χ0n) is 13.9. The molecule has 0 aliphatic carbocycles. The molecule has 0 radical (unpaired) electrons. The number of aromatic nitrogens is 2. The molecule has 0 saturated carbocycles. The predicted octanol–water partition coefficient (Wildman–Crippen LogP) is 4.12. The fraction of sp³-hybridized carbons (Fsp3) is 0.200. The number of nitrogens with zero attached hydrogens (tertiary/aromatic N) is 2. The summed E-state index contributed by atoms with van der Waals surface area (Å²) in [6, 6.07) is 16.0. The Bertz CT molecular complexity index is 824. The first-order valence-corrected chi connectivity index (χ1v) is 8.04. The summed E-state index contributed by atoms with van der Waals surface area (Å²) in [4.78, 5) is 16.8. The van der Waals surface area contributed by atoms with E-state index in [1.807, 2.05) is 49.6 Å². The summed E-state index contributed by atoms with van der Waals surface area (Å²) in [6.07, 6.45) is 6.03. The normalized spacial score (nSPS) is 11.9. The van der Waals surface area contributed by atoms with E-state index in [1.165, 1.54) is 5.56 Å². The Kier molecular flexibility index (Phi) is 4.75. The van der Waals surface area contributed by atoms with Gasteiger partial charge in [-0.15, -0.1) is 0 Å². The first-order chi connectivity index (χ1) is 11.6. The standard InChI is InChI=1S/C20H21N3O/c1-15-7-5-9-17(13-15)18(23-11-3-4-12-23)14-19(24)22-20-16(2)8-6-10-21-20/h3-13,18H,14H2,1-2H3,(H,21,22,24). The average Bonchev–Trinajstić information content (AvgIpc) is 3.09. The third-order valence-corrected chi connectivity index (χ3v) is 4.06. The molecule has 0 bridgehead atoms. The smallest absolute Gasteiger partial charge is 0.227 e. The lowest BCUT2D eigenvalue weighted by molar-refractivity contribution is -0.116. The molecule has 4 heteroatoms. The zero-order chi connectivity index (χ0) is 16.9. The van der Waals surface area contributed by atoms with Crippen LogP contribution in [0.15, 0.2) is 67.1 Å². The molecule has 1 amide bonds. The molecule has 2 aromatic heterocycles. The molecule has 122 valence electrons. The van der Waals surface area contributed by atoms with E-state index in [2.05, 4.69) is 40.0 Å². The molecule has 4 nitrogen and oxygen atoms in total. The topological polar surface area (TPSA) is 46.9 Å². The van der Waals surface area contributed by atoms with Crippen molar-refractivity contribution in [2.75, 3.05) is 5.32 Å². The molecule has 0 fully saturated rings. The van der Waals surface area contributed by atoms with Crippen LogP contribution < -0.4 is 5.32 Å². The van der Waals surface area contributed by atoms with Crippen molar-refractivity contribution in [3.63, 3.8) is 0 Å². The van der Waals surface area contributed by atoms with Gasteiger partial charge in [0.25, 0.3) is 0 Å². The summed E-state index contributed by atoms with van der Waals surface area (Å²) in [6.45, 7) is 4.00. The summed E-state index contributed by atoms with van der Waals surface area (Å²) < 4.78 is 2.07. The summed E-state index contributed by atoms with van der Waals surface area (Å²) in [5.74, 6) is 0.579. The monoisotopic (exact) mass is 319 g/mol. The van der Waals surface area contributed by atoms with Crippen LogP contribution in [-0.2, 0) is 4.79 Å². The maximum Gasteiger partial charge on any atom is 0.227 e. The van der Waals surface area contributed by atoms with Gasteiger partial charge in [-0.25, -0.2) is 4.98 Å². The molecule has 1 aromatic carbocycles. The van der Waals surface area contributed by atoms with Crippen LogP contribution in [0, 0.1) is 13.8 Å². The molecule has 0 aliphatic heterocycles. The predicted molar refractivity (Wildman–Crippen MR) is 96.0 cm³/mol. The van der Waals surface area contributed by atoms with Crippen LogP contribution >= 0.6 is 0 Å². The van der Waals surface area contributed by atoms with Gasteiger partial charge in [-0.2, -0.15) is 0 Å². The van der Waals surface area contributed by atoms with Crippen LogP contribution in [0.2, 0.25) is 0 Å². The fourth-order valence-electron chi connectivity index (χ4n) is 2.80. The number of carbonyl (C=O) groups excluding carboxylic acids is 1. The molecule has 1 unspecified atom stereocenters. The van der Waals surface area contributed by atoms with Gasteiger partial charge in [0.15, 0.2) is 0 Å². The van der Waals surface area contributed by atoms with Gasteiger partial charge in [0.2, 0.25) is 5.91 Å².